The van der Waals surface area contributed by atoms with E-state index in [9.17, 15) is 9.59 Å². The topological polar surface area (TPSA) is 80.1 Å². The van der Waals surface area contributed by atoms with Gasteiger partial charge in [0.25, 0.3) is 5.91 Å². The normalized spacial score (nSPS) is 13.6. The maximum absolute atomic E-state index is 12.2. The summed E-state index contributed by atoms with van der Waals surface area (Å²) in [4.78, 5) is 25.5. The Bertz CT molecular complexity index is 781. The number of carbonyl (C=O) groups excluding carboxylic acids is 2. The number of nitrogens with one attached hydrogen (secondary N) is 1. The van der Waals surface area contributed by atoms with E-state index in [0.717, 1.165) is 23.8 Å². The van der Waals surface area contributed by atoms with Crippen LogP contribution in [0.2, 0.25) is 0 Å². The molecule has 0 aliphatic heterocycles. The highest BCUT2D eigenvalue weighted by atomic mass is 32.2. The molecule has 0 bridgehead atoms. The molecule has 8 heteroatoms. The molecule has 1 fully saturated rings. The number of benzene rings is 1. The Balaban J connectivity index is 1.55. The summed E-state index contributed by atoms with van der Waals surface area (Å²) in [6.07, 6.45) is 2.30. The van der Waals surface area contributed by atoms with E-state index in [-0.39, 0.29) is 17.6 Å². The van der Waals surface area contributed by atoms with Crippen LogP contribution in [0.15, 0.2) is 29.4 Å². The number of thioether (sulfide) groups is 1. The molecule has 1 N–H and O–H groups in total. The lowest BCUT2D eigenvalue weighted by Gasteiger charge is -2.11. The van der Waals surface area contributed by atoms with Gasteiger partial charge < -0.3 is 14.8 Å². The molecule has 0 atom stereocenters. The maximum Gasteiger partial charge on any atom is 0.253 e. The lowest BCUT2D eigenvalue weighted by atomic mass is 10.2. The van der Waals surface area contributed by atoms with E-state index in [1.165, 1.54) is 16.7 Å². The van der Waals surface area contributed by atoms with E-state index in [1.807, 2.05) is 6.92 Å². The lowest BCUT2D eigenvalue weighted by Crippen LogP contribution is -2.21. The van der Waals surface area contributed by atoms with Crippen LogP contribution in [-0.4, -0.2) is 51.3 Å². The van der Waals surface area contributed by atoms with Gasteiger partial charge in [-0.1, -0.05) is 11.8 Å². The average molecular weight is 359 g/mol. The first kappa shape index (κ1) is 17.5. The molecule has 0 spiro atoms. The van der Waals surface area contributed by atoms with Gasteiger partial charge in [0.05, 0.1) is 5.75 Å². The van der Waals surface area contributed by atoms with Crippen LogP contribution >= 0.6 is 11.8 Å². The SMILES string of the molecule is Cc1nnc(SCC(=O)Nc2ccc(C(=O)N(C)C)cc2)n1C1CC1. The van der Waals surface area contributed by atoms with Crippen molar-refractivity contribution in [3.63, 3.8) is 0 Å². The monoisotopic (exact) mass is 359 g/mol. The molecule has 3 rings (SSSR count). The van der Waals surface area contributed by atoms with Crippen molar-refractivity contribution in [1.29, 1.82) is 0 Å². The molecule has 2 aromatic rings. The predicted molar refractivity (Wildman–Crippen MR) is 96.8 cm³/mol. The van der Waals surface area contributed by atoms with Crippen LogP contribution in [0.1, 0.15) is 35.1 Å². The van der Waals surface area contributed by atoms with Crippen molar-refractivity contribution < 1.29 is 9.59 Å². The molecule has 7 nitrogen and oxygen atoms in total. The van der Waals surface area contributed by atoms with Crippen molar-refractivity contribution in [2.24, 2.45) is 0 Å². The Kier molecular flexibility index (Phi) is 5.08. The van der Waals surface area contributed by atoms with E-state index in [2.05, 4.69) is 20.1 Å². The molecule has 1 aliphatic rings. The van der Waals surface area contributed by atoms with Crippen LogP contribution in [-0.2, 0) is 4.79 Å². The van der Waals surface area contributed by atoms with Crippen molar-refractivity contribution in [3.05, 3.63) is 35.7 Å². The second-order valence-corrected chi connectivity index (χ2v) is 7.19. The van der Waals surface area contributed by atoms with Gasteiger partial charge in [0.1, 0.15) is 5.82 Å². The second kappa shape index (κ2) is 7.26. The van der Waals surface area contributed by atoms with E-state index in [1.54, 1.807) is 38.4 Å². The van der Waals surface area contributed by atoms with E-state index >= 15 is 0 Å². The number of amides is 2. The smallest absolute Gasteiger partial charge is 0.253 e. The highest BCUT2D eigenvalue weighted by molar-refractivity contribution is 7.99. The molecular weight excluding hydrogens is 338 g/mol. The summed E-state index contributed by atoms with van der Waals surface area (Å²) < 4.78 is 2.11. The van der Waals surface area contributed by atoms with Crippen LogP contribution in [0.25, 0.3) is 0 Å². The third kappa shape index (κ3) is 4.19. The minimum Gasteiger partial charge on any atom is -0.345 e. The van der Waals surface area contributed by atoms with E-state index in [4.69, 9.17) is 0 Å². The van der Waals surface area contributed by atoms with Crippen LogP contribution in [0.4, 0.5) is 5.69 Å². The van der Waals surface area contributed by atoms with E-state index in [0.29, 0.717) is 17.3 Å². The number of nitrogens with zero attached hydrogens (tertiary/aromatic N) is 4. The second-order valence-electron chi connectivity index (χ2n) is 6.24. The van der Waals surface area contributed by atoms with Crippen LogP contribution in [0.5, 0.6) is 0 Å². The Morgan fingerprint density at radius 1 is 1.24 bits per heavy atom. The van der Waals surface area contributed by atoms with Gasteiger partial charge >= 0.3 is 0 Å². The number of aryl methyl sites for hydroxylation is 1. The summed E-state index contributed by atoms with van der Waals surface area (Å²) in [6.45, 7) is 1.94. The number of rotatable bonds is 6. The third-order valence-corrected chi connectivity index (χ3v) is 4.84. The summed E-state index contributed by atoms with van der Waals surface area (Å²) in [7, 11) is 3.41. The lowest BCUT2D eigenvalue weighted by molar-refractivity contribution is -0.113. The van der Waals surface area contributed by atoms with Crippen molar-refractivity contribution in [2.75, 3.05) is 25.2 Å². The van der Waals surface area contributed by atoms with Crippen molar-refractivity contribution >= 4 is 29.3 Å². The van der Waals surface area contributed by atoms with Crippen molar-refractivity contribution in [2.45, 2.75) is 31.0 Å². The third-order valence-electron chi connectivity index (χ3n) is 3.90. The van der Waals surface area contributed by atoms with Gasteiger partial charge in [-0.25, -0.2) is 0 Å². The summed E-state index contributed by atoms with van der Waals surface area (Å²) in [5.41, 5.74) is 1.26. The zero-order chi connectivity index (χ0) is 18.0. The molecular formula is C17H21N5O2S. The molecule has 2 amide bonds. The Hall–Kier alpha value is -2.35. The zero-order valence-electron chi connectivity index (χ0n) is 14.5. The predicted octanol–water partition coefficient (Wildman–Crippen LogP) is 2.35. The van der Waals surface area contributed by atoms with E-state index < -0.39 is 0 Å². The van der Waals surface area contributed by atoms with Crippen LogP contribution < -0.4 is 5.32 Å². The van der Waals surface area contributed by atoms with Gasteiger partial charge in [-0.15, -0.1) is 10.2 Å². The molecule has 1 saturated carbocycles. The van der Waals surface area contributed by atoms with Gasteiger partial charge in [-0.05, 0) is 44.0 Å². The molecule has 1 aromatic carbocycles. The van der Waals surface area contributed by atoms with Gasteiger partial charge in [0, 0.05) is 31.4 Å². The largest absolute Gasteiger partial charge is 0.345 e. The molecule has 1 aliphatic carbocycles. The maximum atomic E-state index is 12.2. The number of carbonyl (C=O) groups is 2. The molecule has 0 saturated heterocycles. The highest BCUT2D eigenvalue weighted by Gasteiger charge is 2.28. The summed E-state index contributed by atoms with van der Waals surface area (Å²) in [5, 5.41) is 11.9. The number of hydrogen-bond acceptors (Lipinski definition) is 5. The molecule has 1 heterocycles. The summed E-state index contributed by atoms with van der Waals surface area (Å²) in [6, 6.07) is 7.37. The quantitative estimate of drug-likeness (QED) is 0.801. The van der Waals surface area contributed by atoms with Crippen molar-refractivity contribution in [3.8, 4) is 0 Å². The first-order valence-electron chi connectivity index (χ1n) is 8.11. The standard InChI is InChI=1S/C17H21N5O2S/c1-11-19-20-17(22(11)14-8-9-14)25-10-15(23)18-13-6-4-12(5-7-13)16(24)21(2)3/h4-7,14H,8-10H2,1-3H3,(H,18,23). The number of anilines is 1. The fraction of sp³-hybridized carbons (Fsp3) is 0.412. The fourth-order valence-electron chi connectivity index (χ4n) is 2.48. The summed E-state index contributed by atoms with van der Waals surface area (Å²) in [5.74, 6) is 0.984. The minimum absolute atomic E-state index is 0.0665. The first-order valence-corrected chi connectivity index (χ1v) is 9.10. The van der Waals surface area contributed by atoms with Crippen LogP contribution in [0, 0.1) is 6.92 Å². The molecule has 0 unspecified atom stereocenters. The molecule has 0 radical (unpaired) electrons. The van der Waals surface area contributed by atoms with Crippen LogP contribution in [0.3, 0.4) is 0 Å². The average Bonchev–Trinajstić information content (AvgIpc) is 3.35. The van der Waals surface area contributed by atoms with Gasteiger partial charge in [0.2, 0.25) is 5.91 Å². The molecule has 25 heavy (non-hydrogen) atoms. The highest BCUT2D eigenvalue weighted by Crippen LogP contribution is 2.38. The Morgan fingerprint density at radius 3 is 2.52 bits per heavy atom. The minimum atomic E-state index is -0.111. The van der Waals surface area contributed by atoms with Gasteiger partial charge in [-0.2, -0.15) is 0 Å². The summed E-state index contributed by atoms with van der Waals surface area (Å²) >= 11 is 1.39. The van der Waals surface area contributed by atoms with Gasteiger partial charge in [-0.3, -0.25) is 9.59 Å². The zero-order valence-corrected chi connectivity index (χ0v) is 15.3. The Morgan fingerprint density at radius 2 is 1.92 bits per heavy atom. The number of hydrogen-bond donors (Lipinski definition) is 1. The van der Waals surface area contributed by atoms with Gasteiger partial charge in [0.15, 0.2) is 5.16 Å². The first-order chi connectivity index (χ1) is 12.0. The molecule has 1 aromatic heterocycles. The number of aromatic nitrogens is 3. The Labute approximate surface area is 150 Å². The molecule has 132 valence electrons. The fourth-order valence-corrected chi connectivity index (χ4v) is 3.33. The van der Waals surface area contributed by atoms with Crippen molar-refractivity contribution in [1.82, 2.24) is 19.7 Å².